The molecule has 37 heavy (non-hydrogen) atoms. The summed E-state index contributed by atoms with van der Waals surface area (Å²) in [4.78, 5) is 35.6. The second-order valence-electron chi connectivity index (χ2n) is 12.7. The predicted molar refractivity (Wildman–Crippen MR) is 136 cm³/mol. The average Bonchev–Trinajstić information content (AvgIpc) is 2.83. The first-order chi connectivity index (χ1) is 17.5. The van der Waals surface area contributed by atoms with Gasteiger partial charge >= 0.3 is 6.09 Å². The summed E-state index contributed by atoms with van der Waals surface area (Å²) in [6.45, 7) is 5.81. The van der Waals surface area contributed by atoms with Crippen molar-refractivity contribution < 1.29 is 24.5 Å². The molecule has 1 aromatic heterocycles. The molecular weight excluding hydrogens is 474 g/mol. The number of amides is 2. The molecule has 10 nitrogen and oxygen atoms in total. The van der Waals surface area contributed by atoms with Gasteiger partial charge in [-0.05, 0) is 88.9 Å². The minimum Gasteiger partial charge on any atom is -0.444 e. The molecule has 0 radical (unpaired) electrons. The number of nitrogens with one attached hydrogen (secondary N) is 2. The summed E-state index contributed by atoms with van der Waals surface area (Å²) in [5.74, 6) is 2.67. The third-order valence-electron chi connectivity index (χ3n) is 8.75. The van der Waals surface area contributed by atoms with Gasteiger partial charge in [-0.3, -0.25) is 4.79 Å². The number of fused-ring (bicyclic) bond motifs is 1. The molecule has 6 rings (SSSR count). The van der Waals surface area contributed by atoms with Crippen LogP contribution in [0.5, 0.6) is 0 Å². The highest BCUT2D eigenvalue weighted by molar-refractivity contribution is 5.86. The molecule has 1 aliphatic heterocycles. The highest BCUT2D eigenvalue weighted by Crippen LogP contribution is 2.61. The molecule has 2 heterocycles. The van der Waals surface area contributed by atoms with Crippen LogP contribution in [0.25, 0.3) is 0 Å². The van der Waals surface area contributed by atoms with Crippen LogP contribution in [0, 0.1) is 23.2 Å². The van der Waals surface area contributed by atoms with E-state index < -0.39 is 30.4 Å². The topological polar surface area (TPSA) is 137 Å². The van der Waals surface area contributed by atoms with E-state index in [1.807, 2.05) is 0 Å². The molecule has 5 aliphatic rings. The van der Waals surface area contributed by atoms with E-state index in [2.05, 4.69) is 20.6 Å². The number of nitrogens with zero attached hydrogens (tertiary/aromatic N) is 3. The lowest BCUT2D eigenvalue weighted by atomic mass is 9.48. The van der Waals surface area contributed by atoms with Crippen LogP contribution in [0.15, 0.2) is 6.33 Å². The highest BCUT2D eigenvalue weighted by Gasteiger charge is 2.53. The molecule has 4 fully saturated rings. The third-order valence-corrected chi connectivity index (χ3v) is 8.75. The van der Waals surface area contributed by atoms with Gasteiger partial charge in [0.1, 0.15) is 23.8 Å². The van der Waals surface area contributed by atoms with Crippen LogP contribution in [0.3, 0.4) is 0 Å². The number of anilines is 1. The van der Waals surface area contributed by atoms with Gasteiger partial charge in [0, 0.05) is 18.7 Å². The lowest BCUT2D eigenvalue weighted by Gasteiger charge is -2.58. The van der Waals surface area contributed by atoms with Crippen molar-refractivity contribution in [3.05, 3.63) is 17.6 Å². The molecule has 1 unspecified atom stereocenters. The van der Waals surface area contributed by atoms with Crippen molar-refractivity contribution in [2.75, 3.05) is 25.0 Å². The molecule has 4 N–H and O–H groups in total. The first-order valence-corrected chi connectivity index (χ1v) is 13.7. The third kappa shape index (κ3) is 5.55. The molecule has 4 aliphatic carbocycles. The second kappa shape index (κ2) is 10.0. The second-order valence-corrected chi connectivity index (χ2v) is 12.7. The molecule has 0 saturated heterocycles. The fraction of sp³-hybridized carbons (Fsp3) is 0.778. The van der Waals surface area contributed by atoms with E-state index in [9.17, 15) is 19.8 Å². The number of carbonyl (C=O) groups excluding carboxylic acids is 2. The number of aliphatic hydroxyl groups excluding tert-OH is 2. The largest absolute Gasteiger partial charge is 0.444 e. The van der Waals surface area contributed by atoms with Crippen molar-refractivity contribution in [1.29, 1.82) is 0 Å². The maximum atomic E-state index is 13.0. The number of alkyl carbamates (subject to hydrolysis) is 1. The average molecular weight is 516 g/mol. The van der Waals surface area contributed by atoms with Crippen molar-refractivity contribution in [3.8, 4) is 0 Å². The van der Waals surface area contributed by atoms with Crippen LogP contribution in [0.1, 0.15) is 70.6 Å². The van der Waals surface area contributed by atoms with E-state index >= 15 is 0 Å². The van der Waals surface area contributed by atoms with Crippen molar-refractivity contribution in [2.24, 2.45) is 23.2 Å². The van der Waals surface area contributed by atoms with Crippen molar-refractivity contribution in [1.82, 2.24) is 20.2 Å². The number of hydrogen-bond acceptors (Lipinski definition) is 8. The molecule has 0 spiro atoms. The van der Waals surface area contributed by atoms with Crippen LogP contribution >= 0.6 is 0 Å². The van der Waals surface area contributed by atoms with Gasteiger partial charge < -0.3 is 30.5 Å². The maximum absolute atomic E-state index is 13.0. The van der Waals surface area contributed by atoms with Crippen LogP contribution in [-0.4, -0.2) is 74.5 Å². The number of rotatable bonds is 7. The van der Waals surface area contributed by atoms with Crippen molar-refractivity contribution in [3.63, 3.8) is 0 Å². The van der Waals surface area contributed by atoms with Gasteiger partial charge in [-0.2, -0.15) is 0 Å². The Bertz CT molecular complexity index is 990. The Morgan fingerprint density at radius 3 is 2.41 bits per heavy atom. The molecule has 0 aromatic carbocycles. The zero-order valence-corrected chi connectivity index (χ0v) is 22.2. The first-order valence-electron chi connectivity index (χ1n) is 13.7. The van der Waals surface area contributed by atoms with Gasteiger partial charge in [-0.25, -0.2) is 14.8 Å². The van der Waals surface area contributed by atoms with E-state index in [0.29, 0.717) is 25.3 Å². The highest BCUT2D eigenvalue weighted by atomic mass is 16.6. The molecule has 4 saturated carbocycles. The summed E-state index contributed by atoms with van der Waals surface area (Å²) in [7, 11) is 0. The van der Waals surface area contributed by atoms with E-state index in [0.717, 1.165) is 48.3 Å². The molecule has 2 amide bonds. The fourth-order valence-corrected chi connectivity index (χ4v) is 7.55. The Hall–Kier alpha value is -2.46. The monoisotopic (exact) mass is 515 g/mol. The molecule has 4 bridgehead atoms. The summed E-state index contributed by atoms with van der Waals surface area (Å²) >= 11 is 0. The summed E-state index contributed by atoms with van der Waals surface area (Å²) in [5.41, 5.74) is 1.01. The van der Waals surface area contributed by atoms with E-state index in [4.69, 9.17) is 4.74 Å². The summed E-state index contributed by atoms with van der Waals surface area (Å²) in [6, 6.07) is -1.09. The summed E-state index contributed by atoms with van der Waals surface area (Å²) in [6.07, 6.45) is 8.34. The van der Waals surface area contributed by atoms with Gasteiger partial charge in [0.05, 0.1) is 24.9 Å². The zero-order valence-electron chi connectivity index (χ0n) is 22.2. The smallest absolute Gasteiger partial charge is 0.408 e. The lowest BCUT2D eigenvalue weighted by molar-refractivity contribution is -0.135. The van der Waals surface area contributed by atoms with Crippen molar-refractivity contribution in [2.45, 2.75) is 90.0 Å². The Morgan fingerprint density at radius 2 is 1.81 bits per heavy atom. The molecule has 1 aromatic rings. The van der Waals surface area contributed by atoms with Crippen LogP contribution in [-0.2, 0) is 22.5 Å². The van der Waals surface area contributed by atoms with Crippen LogP contribution < -0.4 is 10.6 Å². The number of aromatic nitrogens is 2. The Labute approximate surface area is 218 Å². The minimum atomic E-state index is -1.09. The van der Waals surface area contributed by atoms with E-state index in [-0.39, 0.29) is 17.9 Å². The Kier molecular flexibility index (Phi) is 7.08. The van der Waals surface area contributed by atoms with Gasteiger partial charge in [0.2, 0.25) is 5.91 Å². The fourth-order valence-electron chi connectivity index (χ4n) is 7.55. The van der Waals surface area contributed by atoms with Crippen molar-refractivity contribution >= 4 is 17.8 Å². The normalized spacial score (nSPS) is 29.9. The Balaban J connectivity index is 1.20. The number of aliphatic hydroxyl groups is 2. The van der Waals surface area contributed by atoms with Gasteiger partial charge in [0.25, 0.3) is 0 Å². The maximum Gasteiger partial charge on any atom is 0.408 e. The molecular formula is C27H41N5O5. The molecule has 2 atom stereocenters. The van der Waals surface area contributed by atoms with Crippen LogP contribution in [0.4, 0.5) is 10.6 Å². The number of ether oxygens (including phenoxy) is 1. The minimum absolute atomic E-state index is 0.0402. The van der Waals surface area contributed by atoms with E-state index in [1.165, 1.54) is 25.6 Å². The number of carbonyl (C=O) groups is 2. The zero-order chi connectivity index (χ0) is 26.4. The SMILES string of the molecule is CC(C)(C)OC(=O)NC(CO)C(=O)N1CCc2c(ncnc2NC[C@H](O)C23CC4CC(CC(C4)C2)C3)C1. The summed E-state index contributed by atoms with van der Waals surface area (Å²) in [5, 5.41) is 26.9. The van der Waals surface area contributed by atoms with Gasteiger partial charge in [-0.15, -0.1) is 0 Å². The van der Waals surface area contributed by atoms with Crippen LogP contribution in [0.2, 0.25) is 0 Å². The van der Waals surface area contributed by atoms with Gasteiger partial charge in [0.15, 0.2) is 0 Å². The predicted octanol–water partition coefficient (Wildman–Crippen LogP) is 2.24. The standard InChI is InChI=1S/C27H41N5O5/c1-26(2,3)37-25(36)31-21(14-33)24(35)32-5-4-19-20(13-32)29-15-30-23(19)28-12-22(34)27-9-16-6-17(10-27)8-18(7-16)11-27/h15-18,21-22,33-34H,4-14H2,1-3H3,(H,31,36)(H,28,29,30)/t16?,17?,18?,21?,22-,27?/m0/s1. The first kappa shape index (κ1) is 26.2. The molecule has 10 heteroatoms. The summed E-state index contributed by atoms with van der Waals surface area (Å²) < 4.78 is 5.22. The quantitative estimate of drug-likeness (QED) is 0.434. The number of hydrogen-bond donors (Lipinski definition) is 4. The van der Waals surface area contributed by atoms with Gasteiger partial charge in [-0.1, -0.05) is 0 Å². The molecule has 204 valence electrons. The lowest BCUT2D eigenvalue weighted by Crippen LogP contribution is -2.53. The van der Waals surface area contributed by atoms with E-state index in [1.54, 1.807) is 25.7 Å². The Morgan fingerprint density at radius 1 is 1.16 bits per heavy atom.